The molecule has 31 heavy (non-hydrogen) atoms. The molecule has 1 unspecified atom stereocenters. The molecule has 7 nitrogen and oxygen atoms in total. The second-order valence-electron chi connectivity index (χ2n) is 9.25. The molecule has 7 heteroatoms. The third-order valence-corrected chi connectivity index (χ3v) is 6.63. The van der Waals surface area contributed by atoms with E-state index in [0.29, 0.717) is 18.5 Å². The summed E-state index contributed by atoms with van der Waals surface area (Å²) >= 11 is 0. The third-order valence-electron chi connectivity index (χ3n) is 6.63. The molecule has 0 radical (unpaired) electrons. The zero-order valence-corrected chi connectivity index (χ0v) is 19.1. The van der Waals surface area contributed by atoms with E-state index >= 15 is 0 Å². The minimum atomic E-state index is -0.151. The van der Waals surface area contributed by atoms with Crippen LogP contribution in [0.2, 0.25) is 0 Å². The molecule has 1 aromatic carbocycles. The van der Waals surface area contributed by atoms with Gasteiger partial charge < -0.3 is 20.1 Å². The summed E-state index contributed by atoms with van der Waals surface area (Å²) in [5.41, 5.74) is 3.15. The van der Waals surface area contributed by atoms with Gasteiger partial charge in [-0.3, -0.25) is 4.90 Å². The lowest BCUT2D eigenvalue weighted by molar-refractivity contribution is 0.0890. The molecule has 1 aromatic heterocycles. The number of anilines is 1. The molecule has 2 aromatic rings. The van der Waals surface area contributed by atoms with Gasteiger partial charge in [0, 0.05) is 68.5 Å². The molecule has 2 N–H and O–H groups in total. The van der Waals surface area contributed by atoms with Crippen molar-refractivity contribution in [1.29, 1.82) is 0 Å². The Morgan fingerprint density at radius 3 is 2.71 bits per heavy atom. The summed E-state index contributed by atoms with van der Waals surface area (Å²) in [6, 6.07) is 8.20. The van der Waals surface area contributed by atoms with Gasteiger partial charge in [0.05, 0.1) is 0 Å². The van der Waals surface area contributed by atoms with Gasteiger partial charge in [0.15, 0.2) is 0 Å². The summed E-state index contributed by atoms with van der Waals surface area (Å²) in [5, 5.41) is 6.11. The Hall–Kier alpha value is -2.38. The van der Waals surface area contributed by atoms with Crippen LogP contribution in [0.5, 0.6) is 0 Å². The molecule has 3 heterocycles. The van der Waals surface area contributed by atoms with E-state index in [4.69, 9.17) is 0 Å². The first-order valence-electron chi connectivity index (χ1n) is 11.6. The number of nitrogens with one attached hydrogen (secondary N) is 2. The van der Waals surface area contributed by atoms with Gasteiger partial charge in [-0.25, -0.2) is 9.78 Å². The van der Waals surface area contributed by atoms with E-state index in [1.54, 1.807) is 0 Å². The van der Waals surface area contributed by atoms with E-state index in [1.165, 1.54) is 18.5 Å². The van der Waals surface area contributed by atoms with Crippen LogP contribution in [0.4, 0.5) is 10.5 Å². The van der Waals surface area contributed by atoms with E-state index in [9.17, 15) is 4.79 Å². The number of carbonyl (C=O) groups is 1. The molecule has 168 valence electrons. The number of carbonyl (C=O) groups excluding carboxylic acids is 1. The van der Waals surface area contributed by atoms with Crippen molar-refractivity contribution in [2.75, 3.05) is 45.1 Å². The lowest BCUT2D eigenvalue weighted by Crippen LogP contribution is -2.54. The van der Waals surface area contributed by atoms with E-state index in [1.807, 2.05) is 24.4 Å². The lowest BCUT2D eigenvalue weighted by Gasteiger charge is -2.39. The van der Waals surface area contributed by atoms with Crippen molar-refractivity contribution >= 4 is 11.7 Å². The van der Waals surface area contributed by atoms with Crippen molar-refractivity contribution in [3.8, 4) is 11.4 Å². The summed E-state index contributed by atoms with van der Waals surface area (Å²) in [6.07, 6.45) is 5.52. The van der Waals surface area contributed by atoms with Crippen LogP contribution in [-0.4, -0.2) is 71.2 Å². The Morgan fingerprint density at radius 2 is 1.94 bits per heavy atom. The fraction of sp³-hybridized carbons (Fsp3) is 0.583. The van der Waals surface area contributed by atoms with Crippen LogP contribution < -0.4 is 10.6 Å². The normalized spacial score (nSPS) is 18.6. The van der Waals surface area contributed by atoms with E-state index in [2.05, 4.69) is 56.9 Å². The van der Waals surface area contributed by atoms with Gasteiger partial charge in [0.25, 0.3) is 0 Å². The Kier molecular flexibility index (Phi) is 6.92. The highest BCUT2D eigenvalue weighted by Gasteiger charge is 2.25. The van der Waals surface area contributed by atoms with E-state index in [0.717, 1.165) is 56.2 Å². The van der Waals surface area contributed by atoms with Gasteiger partial charge in [0.2, 0.25) is 0 Å². The maximum atomic E-state index is 12.6. The predicted molar refractivity (Wildman–Crippen MR) is 125 cm³/mol. The number of rotatable bonds is 6. The monoisotopic (exact) mass is 424 g/mol. The van der Waals surface area contributed by atoms with Gasteiger partial charge in [-0.15, -0.1) is 0 Å². The molecule has 2 aliphatic heterocycles. The van der Waals surface area contributed by atoms with Crippen LogP contribution in [0.25, 0.3) is 11.4 Å². The first kappa shape index (κ1) is 21.8. The summed E-state index contributed by atoms with van der Waals surface area (Å²) in [6.45, 7) is 10.4. The number of nitrogens with zero attached hydrogens (tertiary/aromatic N) is 4. The maximum absolute atomic E-state index is 12.6. The standard InChI is InChI=1S/C24H36N6O/c1-18(2)22(29-13-11-28(3)12-14-29)17-26-24(31)27-20-8-6-7-19(15-20)23-25-16-21-9-4-5-10-30(21)23/h6-8,15-16,18,22H,4-5,9-14,17H2,1-3H3,(H2,26,27,31). The number of imidazole rings is 1. The Bertz CT molecular complexity index is 884. The summed E-state index contributed by atoms with van der Waals surface area (Å²) in [5.74, 6) is 1.48. The van der Waals surface area contributed by atoms with E-state index < -0.39 is 0 Å². The van der Waals surface area contributed by atoms with Gasteiger partial charge in [-0.05, 0) is 44.4 Å². The van der Waals surface area contributed by atoms with Crippen LogP contribution in [-0.2, 0) is 13.0 Å². The van der Waals surface area contributed by atoms with Crippen LogP contribution in [0.3, 0.4) is 0 Å². The van der Waals surface area contributed by atoms with Crippen molar-refractivity contribution in [1.82, 2.24) is 24.7 Å². The van der Waals surface area contributed by atoms with Crippen molar-refractivity contribution in [3.05, 3.63) is 36.2 Å². The van der Waals surface area contributed by atoms with E-state index in [-0.39, 0.29) is 6.03 Å². The third kappa shape index (κ3) is 5.28. The number of aromatic nitrogens is 2. The first-order valence-corrected chi connectivity index (χ1v) is 11.6. The minimum absolute atomic E-state index is 0.151. The number of hydrogen-bond donors (Lipinski definition) is 2. The average Bonchev–Trinajstić information content (AvgIpc) is 3.19. The number of amides is 2. The van der Waals surface area contributed by atoms with Crippen molar-refractivity contribution in [2.24, 2.45) is 5.92 Å². The van der Waals surface area contributed by atoms with Gasteiger partial charge in [-0.1, -0.05) is 26.0 Å². The summed E-state index contributed by atoms with van der Waals surface area (Å²) in [4.78, 5) is 22.2. The second-order valence-corrected chi connectivity index (χ2v) is 9.25. The number of piperazine rings is 1. The van der Waals surface area contributed by atoms with Gasteiger partial charge in [-0.2, -0.15) is 0 Å². The summed E-state index contributed by atoms with van der Waals surface area (Å²) < 4.78 is 2.31. The molecule has 0 saturated carbocycles. The van der Waals surface area contributed by atoms with Crippen molar-refractivity contribution in [3.63, 3.8) is 0 Å². The molecular formula is C24H36N6O. The number of aryl methyl sites for hydroxylation is 1. The smallest absolute Gasteiger partial charge is 0.319 e. The van der Waals surface area contributed by atoms with Gasteiger partial charge >= 0.3 is 6.03 Å². The molecular weight excluding hydrogens is 388 g/mol. The molecule has 2 aliphatic rings. The van der Waals surface area contributed by atoms with Crippen LogP contribution in [0, 0.1) is 5.92 Å². The number of hydrogen-bond acceptors (Lipinski definition) is 4. The molecule has 1 fully saturated rings. The number of fused-ring (bicyclic) bond motifs is 1. The van der Waals surface area contributed by atoms with Gasteiger partial charge in [0.1, 0.15) is 5.82 Å². The molecule has 0 aliphatic carbocycles. The van der Waals surface area contributed by atoms with Crippen LogP contribution >= 0.6 is 0 Å². The molecule has 0 spiro atoms. The molecule has 1 saturated heterocycles. The lowest BCUT2D eigenvalue weighted by atomic mass is 10.0. The topological polar surface area (TPSA) is 65.4 Å². The number of likely N-dealkylation sites (N-methyl/N-ethyl adjacent to an activating group) is 1. The van der Waals surface area contributed by atoms with Crippen molar-refractivity contribution < 1.29 is 4.79 Å². The highest BCUT2D eigenvalue weighted by atomic mass is 16.2. The molecule has 0 bridgehead atoms. The zero-order chi connectivity index (χ0) is 21.8. The average molecular weight is 425 g/mol. The predicted octanol–water partition coefficient (Wildman–Crippen LogP) is 3.28. The Balaban J connectivity index is 1.36. The highest BCUT2D eigenvalue weighted by molar-refractivity contribution is 5.90. The largest absolute Gasteiger partial charge is 0.336 e. The van der Waals surface area contributed by atoms with Crippen molar-refractivity contribution in [2.45, 2.75) is 45.7 Å². The fourth-order valence-corrected chi connectivity index (χ4v) is 4.72. The quantitative estimate of drug-likeness (QED) is 0.747. The highest BCUT2D eigenvalue weighted by Crippen LogP contribution is 2.26. The molecule has 1 atom stereocenters. The minimum Gasteiger partial charge on any atom is -0.336 e. The second kappa shape index (κ2) is 9.83. The zero-order valence-electron chi connectivity index (χ0n) is 19.1. The number of urea groups is 1. The van der Waals surface area contributed by atoms with Crippen LogP contribution in [0.15, 0.2) is 30.5 Å². The van der Waals surface area contributed by atoms with Crippen LogP contribution in [0.1, 0.15) is 32.4 Å². The Morgan fingerprint density at radius 1 is 1.13 bits per heavy atom. The maximum Gasteiger partial charge on any atom is 0.319 e. The summed E-state index contributed by atoms with van der Waals surface area (Å²) in [7, 11) is 2.17. The fourth-order valence-electron chi connectivity index (χ4n) is 4.72. The first-order chi connectivity index (χ1) is 15.0. The Labute approximate surface area is 185 Å². The SMILES string of the molecule is CC(C)C(CNC(=O)Nc1cccc(-c2ncc3n2CCCC3)c1)N1CCN(C)CC1. The molecule has 2 amide bonds. The number of benzene rings is 1. The molecule has 4 rings (SSSR count).